The summed E-state index contributed by atoms with van der Waals surface area (Å²) in [6.45, 7) is 3.57. The van der Waals surface area contributed by atoms with Crippen LogP contribution in [0, 0.1) is 6.92 Å². The molecular formula is C23H21ClN2O2S. The summed E-state index contributed by atoms with van der Waals surface area (Å²) in [6, 6.07) is 22.1. The van der Waals surface area contributed by atoms with Crippen LogP contribution in [0.15, 0.2) is 66.7 Å². The molecule has 0 atom stereocenters. The maximum absolute atomic E-state index is 6.15. The summed E-state index contributed by atoms with van der Waals surface area (Å²) in [6.07, 6.45) is 0. The largest absolute Gasteiger partial charge is 0.454 e. The fraction of sp³-hybridized carbons (Fsp3) is 0.174. The van der Waals surface area contributed by atoms with Gasteiger partial charge in [0.05, 0.1) is 0 Å². The molecule has 1 aliphatic rings. The number of fused-ring (bicyclic) bond motifs is 1. The predicted molar refractivity (Wildman–Crippen MR) is 121 cm³/mol. The van der Waals surface area contributed by atoms with Crippen molar-refractivity contribution in [3.8, 4) is 11.5 Å². The highest BCUT2D eigenvalue weighted by atomic mass is 35.5. The Bertz CT molecular complexity index is 1030. The van der Waals surface area contributed by atoms with Gasteiger partial charge in [0.25, 0.3) is 0 Å². The summed E-state index contributed by atoms with van der Waals surface area (Å²) in [5.74, 6) is 1.55. The number of hydrogen-bond acceptors (Lipinski definition) is 3. The van der Waals surface area contributed by atoms with E-state index in [4.69, 9.17) is 33.3 Å². The minimum absolute atomic E-state index is 0.266. The van der Waals surface area contributed by atoms with Crippen LogP contribution in [-0.4, -0.2) is 16.8 Å². The molecule has 0 amide bonds. The number of anilines is 1. The van der Waals surface area contributed by atoms with Crippen molar-refractivity contribution >= 4 is 34.6 Å². The van der Waals surface area contributed by atoms with Gasteiger partial charge in [-0.2, -0.15) is 0 Å². The fourth-order valence-electron chi connectivity index (χ4n) is 3.19. The first kappa shape index (κ1) is 19.6. The zero-order valence-corrected chi connectivity index (χ0v) is 17.6. The maximum Gasteiger partial charge on any atom is 0.231 e. The van der Waals surface area contributed by atoms with Crippen molar-refractivity contribution in [2.45, 2.75) is 20.0 Å². The molecule has 3 aromatic carbocycles. The number of ether oxygens (including phenoxy) is 2. The van der Waals surface area contributed by atoms with Gasteiger partial charge in [-0.1, -0.05) is 48.0 Å². The number of hydrogen-bond donors (Lipinski definition) is 1. The molecule has 1 N–H and O–H groups in total. The molecule has 29 heavy (non-hydrogen) atoms. The Hall–Kier alpha value is -2.76. The van der Waals surface area contributed by atoms with E-state index >= 15 is 0 Å². The smallest absolute Gasteiger partial charge is 0.231 e. The van der Waals surface area contributed by atoms with Crippen molar-refractivity contribution in [3.63, 3.8) is 0 Å². The van der Waals surface area contributed by atoms with Gasteiger partial charge in [0.1, 0.15) is 0 Å². The van der Waals surface area contributed by atoms with Gasteiger partial charge in [0.2, 0.25) is 6.79 Å². The lowest BCUT2D eigenvalue weighted by Crippen LogP contribution is -2.33. The second-order valence-corrected chi connectivity index (χ2v) is 7.72. The molecule has 0 unspecified atom stereocenters. The number of nitrogens with zero attached hydrogens (tertiary/aromatic N) is 1. The number of thiocarbonyl (C=S) groups is 1. The zero-order valence-electron chi connectivity index (χ0n) is 16.0. The van der Waals surface area contributed by atoms with Crippen molar-refractivity contribution in [2.75, 3.05) is 12.1 Å². The molecule has 4 rings (SSSR count). The molecule has 0 saturated carbocycles. The van der Waals surface area contributed by atoms with Gasteiger partial charge in [0, 0.05) is 23.8 Å². The van der Waals surface area contributed by atoms with Crippen molar-refractivity contribution in [3.05, 3.63) is 88.4 Å². The highest BCUT2D eigenvalue weighted by molar-refractivity contribution is 7.80. The molecule has 0 spiro atoms. The lowest BCUT2D eigenvalue weighted by atomic mass is 10.1. The van der Waals surface area contributed by atoms with E-state index < -0.39 is 0 Å². The van der Waals surface area contributed by atoms with E-state index in [0.29, 0.717) is 18.2 Å². The van der Waals surface area contributed by atoms with Gasteiger partial charge in [-0.3, -0.25) is 0 Å². The van der Waals surface area contributed by atoms with E-state index in [9.17, 15) is 0 Å². The van der Waals surface area contributed by atoms with Crippen molar-refractivity contribution < 1.29 is 9.47 Å². The van der Waals surface area contributed by atoms with E-state index in [-0.39, 0.29) is 6.79 Å². The molecular weight excluding hydrogens is 404 g/mol. The third-order valence-corrected chi connectivity index (χ3v) is 5.51. The van der Waals surface area contributed by atoms with Crippen LogP contribution in [0.2, 0.25) is 5.02 Å². The molecule has 0 aliphatic carbocycles. The van der Waals surface area contributed by atoms with Gasteiger partial charge in [0.15, 0.2) is 16.6 Å². The van der Waals surface area contributed by atoms with Crippen LogP contribution in [0.4, 0.5) is 5.69 Å². The van der Waals surface area contributed by atoms with E-state index in [1.807, 2.05) is 61.5 Å². The number of nitrogens with one attached hydrogen (secondary N) is 1. The normalized spacial score (nSPS) is 11.9. The minimum atomic E-state index is 0.266. The molecule has 0 saturated heterocycles. The summed E-state index contributed by atoms with van der Waals surface area (Å²) in [4.78, 5) is 2.13. The Labute approximate surface area is 181 Å². The van der Waals surface area contributed by atoms with Gasteiger partial charge >= 0.3 is 0 Å². The van der Waals surface area contributed by atoms with Gasteiger partial charge in [-0.05, 0) is 66.2 Å². The first-order valence-electron chi connectivity index (χ1n) is 9.33. The summed E-state index contributed by atoms with van der Waals surface area (Å²) in [5.41, 5.74) is 4.21. The van der Waals surface area contributed by atoms with Crippen LogP contribution < -0.4 is 14.8 Å². The fourth-order valence-corrected chi connectivity index (χ4v) is 3.55. The van der Waals surface area contributed by atoms with Crippen LogP contribution in [-0.2, 0) is 13.1 Å². The average molecular weight is 425 g/mol. The molecule has 0 bridgehead atoms. The molecule has 0 fully saturated rings. The summed E-state index contributed by atoms with van der Waals surface area (Å²) in [7, 11) is 0. The molecule has 1 aliphatic heterocycles. The van der Waals surface area contributed by atoms with E-state index in [0.717, 1.165) is 33.3 Å². The second kappa shape index (κ2) is 8.72. The van der Waals surface area contributed by atoms with E-state index in [1.54, 1.807) is 0 Å². The second-order valence-electron chi connectivity index (χ2n) is 6.92. The Morgan fingerprint density at radius 1 is 0.966 bits per heavy atom. The van der Waals surface area contributed by atoms with Gasteiger partial charge in [-0.25, -0.2) is 0 Å². The molecule has 1 heterocycles. The number of aryl methyl sites for hydroxylation is 1. The molecule has 3 aromatic rings. The Kier molecular flexibility index (Phi) is 5.88. The van der Waals surface area contributed by atoms with Gasteiger partial charge < -0.3 is 19.7 Å². The quantitative estimate of drug-likeness (QED) is 0.525. The van der Waals surface area contributed by atoms with Crippen molar-refractivity contribution in [2.24, 2.45) is 0 Å². The third kappa shape index (κ3) is 4.81. The summed E-state index contributed by atoms with van der Waals surface area (Å²) in [5, 5.41) is 4.73. The summed E-state index contributed by atoms with van der Waals surface area (Å²) < 4.78 is 10.9. The maximum atomic E-state index is 6.15. The van der Waals surface area contributed by atoms with Crippen LogP contribution >= 0.6 is 23.8 Å². The standard InChI is InChI=1S/C23H21ClN2O2S/c1-16-11-19(8-9-20(16)24)25-23(29)26(13-17-5-3-2-4-6-17)14-18-7-10-21-22(12-18)28-15-27-21/h2-12H,13-15H2,1H3,(H,25,29). The molecule has 0 radical (unpaired) electrons. The Morgan fingerprint density at radius 2 is 1.72 bits per heavy atom. The van der Waals surface area contributed by atoms with Crippen LogP contribution in [0.3, 0.4) is 0 Å². The number of benzene rings is 3. The number of rotatable bonds is 5. The number of halogens is 1. The molecule has 0 aromatic heterocycles. The first-order valence-corrected chi connectivity index (χ1v) is 10.1. The van der Waals surface area contributed by atoms with E-state index in [1.165, 1.54) is 5.56 Å². The lowest BCUT2D eigenvalue weighted by Gasteiger charge is -2.26. The predicted octanol–water partition coefficient (Wildman–Crippen LogP) is 5.78. The zero-order chi connectivity index (χ0) is 20.2. The molecule has 4 nitrogen and oxygen atoms in total. The van der Waals surface area contributed by atoms with Crippen molar-refractivity contribution in [1.29, 1.82) is 0 Å². The first-order chi connectivity index (χ1) is 14.1. The van der Waals surface area contributed by atoms with Crippen LogP contribution in [0.1, 0.15) is 16.7 Å². The molecule has 6 heteroatoms. The highest BCUT2D eigenvalue weighted by Crippen LogP contribution is 2.33. The average Bonchev–Trinajstić information content (AvgIpc) is 3.19. The monoisotopic (exact) mass is 424 g/mol. The lowest BCUT2D eigenvalue weighted by molar-refractivity contribution is 0.174. The van der Waals surface area contributed by atoms with Crippen LogP contribution in [0.5, 0.6) is 11.5 Å². The minimum Gasteiger partial charge on any atom is -0.454 e. The summed E-state index contributed by atoms with van der Waals surface area (Å²) >= 11 is 11.9. The Balaban J connectivity index is 1.55. The third-order valence-electron chi connectivity index (χ3n) is 4.72. The highest BCUT2D eigenvalue weighted by Gasteiger charge is 2.16. The van der Waals surface area contributed by atoms with E-state index in [2.05, 4.69) is 22.3 Å². The van der Waals surface area contributed by atoms with Crippen molar-refractivity contribution in [1.82, 2.24) is 4.90 Å². The SMILES string of the molecule is Cc1cc(NC(=S)N(Cc2ccccc2)Cc2ccc3c(c2)OCO3)ccc1Cl. The molecule has 148 valence electrons. The topological polar surface area (TPSA) is 33.7 Å². The Morgan fingerprint density at radius 3 is 2.52 bits per heavy atom. The van der Waals surface area contributed by atoms with Crippen LogP contribution in [0.25, 0.3) is 0 Å². The van der Waals surface area contributed by atoms with Gasteiger partial charge in [-0.15, -0.1) is 0 Å².